The Bertz CT molecular complexity index is 1470. The molecule has 0 aromatic heterocycles. The number of allylic oxidation sites excluding steroid dienone is 12. The Morgan fingerprint density at radius 2 is 0.487 bits per heavy atom. The monoisotopic (exact) mass is 1120 g/mol. The molecule has 1 atom stereocenters. The first kappa shape index (κ1) is 76.9. The second-order valence-corrected chi connectivity index (χ2v) is 23.4. The number of hydrogen-bond donors (Lipinski definition) is 0. The summed E-state index contributed by atoms with van der Waals surface area (Å²) in [6, 6.07) is 0. The molecule has 0 rings (SSSR count). The molecule has 0 aromatic carbocycles. The summed E-state index contributed by atoms with van der Waals surface area (Å²) in [5.41, 5.74) is 0. The van der Waals surface area contributed by atoms with Gasteiger partial charge in [0.1, 0.15) is 13.2 Å². The van der Waals surface area contributed by atoms with Gasteiger partial charge in [0, 0.05) is 19.3 Å². The van der Waals surface area contributed by atoms with Gasteiger partial charge in [0.15, 0.2) is 6.10 Å². The Balaban J connectivity index is 4.23. The Morgan fingerprint density at radius 1 is 0.263 bits per heavy atom. The number of rotatable bonds is 64. The molecule has 6 heteroatoms. The van der Waals surface area contributed by atoms with Crippen molar-refractivity contribution in [2.45, 2.75) is 367 Å². The Hall–Kier alpha value is -3.15. The fourth-order valence-electron chi connectivity index (χ4n) is 10.3. The average Bonchev–Trinajstić information content (AvgIpc) is 3.46. The molecular formula is C74H132O6. The van der Waals surface area contributed by atoms with Gasteiger partial charge in [-0.3, -0.25) is 14.4 Å². The van der Waals surface area contributed by atoms with E-state index in [2.05, 4.69) is 93.7 Å². The van der Waals surface area contributed by atoms with Crippen LogP contribution in [0.25, 0.3) is 0 Å². The van der Waals surface area contributed by atoms with Crippen molar-refractivity contribution < 1.29 is 28.6 Å². The van der Waals surface area contributed by atoms with Crippen molar-refractivity contribution in [3.8, 4) is 0 Å². The summed E-state index contributed by atoms with van der Waals surface area (Å²) in [4.78, 5) is 38.3. The first-order valence-electron chi connectivity index (χ1n) is 34.9. The fourth-order valence-corrected chi connectivity index (χ4v) is 10.3. The van der Waals surface area contributed by atoms with Crippen molar-refractivity contribution >= 4 is 17.9 Å². The van der Waals surface area contributed by atoms with Gasteiger partial charge in [-0.05, 0) is 70.6 Å². The van der Waals surface area contributed by atoms with Crippen LogP contribution in [0.4, 0.5) is 0 Å². The molecular weight excluding hydrogens is 985 g/mol. The van der Waals surface area contributed by atoms with E-state index in [1.54, 1.807) is 0 Å². The predicted octanol–water partition coefficient (Wildman–Crippen LogP) is 24.1. The maximum atomic E-state index is 12.9. The topological polar surface area (TPSA) is 78.9 Å². The molecule has 0 radical (unpaired) electrons. The Labute approximate surface area is 497 Å². The molecule has 0 aliphatic carbocycles. The van der Waals surface area contributed by atoms with Crippen LogP contribution in [0.5, 0.6) is 0 Å². The summed E-state index contributed by atoms with van der Waals surface area (Å²) in [6.45, 7) is 6.55. The van der Waals surface area contributed by atoms with Gasteiger partial charge >= 0.3 is 17.9 Å². The second kappa shape index (κ2) is 68.3. The highest BCUT2D eigenvalue weighted by Crippen LogP contribution is 2.18. The van der Waals surface area contributed by atoms with Crippen LogP contribution in [0.3, 0.4) is 0 Å². The highest BCUT2D eigenvalue weighted by atomic mass is 16.6. The first-order valence-corrected chi connectivity index (χ1v) is 34.9. The average molecular weight is 1120 g/mol. The van der Waals surface area contributed by atoms with Crippen molar-refractivity contribution in [3.05, 3.63) is 72.9 Å². The van der Waals surface area contributed by atoms with Gasteiger partial charge in [-0.1, -0.05) is 344 Å². The van der Waals surface area contributed by atoms with Crippen LogP contribution in [0.1, 0.15) is 361 Å². The molecule has 0 spiro atoms. The third kappa shape index (κ3) is 65.7. The molecule has 0 saturated carbocycles. The van der Waals surface area contributed by atoms with Gasteiger partial charge < -0.3 is 14.2 Å². The summed E-state index contributed by atoms with van der Waals surface area (Å²) in [6.07, 6.45) is 89.4. The van der Waals surface area contributed by atoms with Gasteiger partial charge in [0.2, 0.25) is 0 Å². The number of carbonyl (C=O) groups excluding carboxylic acids is 3. The number of esters is 3. The van der Waals surface area contributed by atoms with Crippen molar-refractivity contribution in [1.82, 2.24) is 0 Å². The van der Waals surface area contributed by atoms with Gasteiger partial charge in [0.05, 0.1) is 0 Å². The van der Waals surface area contributed by atoms with Crippen LogP contribution in [0, 0.1) is 0 Å². The van der Waals surface area contributed by atoms with E-state index < -0.39 is 6.10 Å². The lowest BCUT2D eigenvalue weighted by Gasteiger charge is -2.18. The van der Waals surface area contributed by atoms with Crippen LogP contribution in [0.15, 0.2) is 72.9 Å². The minimum absolute atomic E-state index is 0.0816. The number of hydrogen-bond acceptors (Lipinski definition) is 6. The first-order chi connectivity index (χ1) is 39.5. The van der Waals surface area contributed by atoms with Crippen LogP contribution in [-0.4, -0.2) is 37.2 Å². The normalized spacial score (nSPS) is 12.5. The summed E-state index contributed by atoms with van der Waals surface area (Å²) in [7, 11) is 0. The van der Waals surface area contributed by atoms with Gasteiger partial charge in [0.25, 0.3) is 0 Å². The number of ether oxygens (including phenoxy) is 3. The molecule has 0 amide bonds. The van der Waals surface area contributed by atoms with Crippen LogP contribution >= 0.6 is 0 Å². The maximum Gasteiger partial charge on any atom is 0.306 e. The predicted molar refractivity (Wildman–Crippen MR) is 348 cm³/mol. The second-order valence-electron chi connectivity index (χ2n) is 23.4. The minimum atomic E-state index is -0.788. The molecule has 0 saturated heterocycles. The third-order valence-electron chi connectivity index (χ3n) is 15.5. The van der Waals surface area contributed by atoms with Crippen LogP contribution in [0.2, 0.25) is 0 Å². The highest BCUT2D eigenvalue weighted by molar-refractivity contribution is 5.71. The number of carbonyl (C=O) groups is 3. The van der Waals surface area contributed by atoms with E-state index in [4.69, 9.17) is 14.2 Å². The highest BCUT2D eigenvalue weighted by Gasteiger charge is 2.19. The summed E-state index contributed by atoms with van der Waals surface area (Å²) in [5.74, 6) is -0.888. The van der Waals surface area contributed by atoms with Crippen molar-refractivity contribution in [2.75, 3.05) is 13.2 Å². The van der Waals surface area contributed by atoms with E-state index in [1.807, 2.05) is 0 Å². The van der Waals surface area contributed by atoms with Crippen LogP contribution in [-0.2, 0) is 28.6 Å². The summed E-state index contributed by atoms with van der Waals surface area (Å²) in [5, 5.41) is 0. The molecule has 0 N–H and O–H groups in total. The largest absolute Gasteiger partial charge is 0.462 e. The van der Waals surface area contributed by atoms with Crippen molar-refractivity contribution in [2.24, 2.45) is 0 Å². The smallest absolute Gasteiger partial charge is 0.306 e. The lowest BCUT2D eigenvalue weighted by Crippen LogP contribution is -2.30. The molecule has 0 aliphatic heterocycles. The SMILES string of the molecule is CC/C=C\C/C=C\C/C=C\C/C=C\C/C=C\C/C=C\CCCCCCC(=O)OC(COC(=O)CCCCCCCCCCCCC)COC(=O)CCCCCCCCCCCCCCCCCCCCCCCCCCCCCC. The van der Waals surface area contributed by atoms with Gasteiger partial charge in [-0.2, -0.15) is 0 Å². The summed E-state index contributed by atoms with van der Waals surface area (Å²) >= 11 is 0. The number of unbranched alkanes of at least 4 members (excludes halogenated alkanes) is 41. The van der Waals surface area contributed by atoms with Crippen LogP contribution < -0.4 is 0 Å². The zero-order chi connectivity index (χ0) is 57.8. The van der Waals surface area contributed by atoms with E-state index in [-0.39, 0.29) is 31.1 Å². The zero-order valence-corrected chi connectivity index (χ0v) is 53.3. The maximum absolute atomic E-state index is 12.9. The standard InChI is InChI=1S/C74H132O6/c1-4-7-10-13-16-19-22-24-26-28-30-32-34-35-36-37-38-40-41-43-45-47-49-52-55-58-61-64-67-73(76)79-70-71(69-78-72(75)66-63-60-57-54-51-21-18-15-12-9-6-3)80-74(77)68-65-62-59-56-53-50-48-46-44-42-39-33-31-29-27-25-23-20-17-14-11-8-5-2/h8,11,17,20,25,27,31,33,42,44,48,50,71H,4-7,9-10,12-16,18-19,21-24,26,28-30,32,34-41,43,45-47,49,51-70H2,1-3H3/b11-8-,20-17-,27-25-,33-31-,44-42-,50-48-. The van der Waals surface area contributed by atoms with E-state index in [0.29, 0.717) is 19.3 Å². The molecule has 0 bridgehead atoms. The molecule has 6 nitrogen and oxygen atoms in total. The van der Waals surface area contributed by atoms with E-state index in [9.17, 15) is 14.4 Å². The Kier molecular flexibility index (Phi) is 65.7. The van der Waals surface area contributed by atoms with Gasteiger partial charge in [-0.25, -0.2) is 0 Å². The van der Waals surface area contributed by atoms with E-state index in [1.165, 1.54) is 212 Å². The third-order valence-corrected chi connectivity index (χ3v) is 15.5. The zero-order valence-electron chi connectivity index (χ0n) is 53.3. The molecule has 0 aromatic rings. The Morgan fingerprint density at radius 3 is 0.762 bits per heavy atom. The van der Waals surface area contributed by atoms with Gasteiger partial charge in [-0.15, -0.1) is 0 Å². The molecule has 0 aliphatic rings. The molecule has 464 valence electrons. The van der Waals surface area contributed by atoms with Crippen molar-refractivity contribution in [3.63, 3.8) is 0 Å². The molecule has 0 fully saturated rings. The fraction of sp³-hybridized carbons (Fsp3) is 0.797. The van der Waals surface area contributed by atoms with E-state index >= 15 is 0 Å². The minimum Gasteiger partial charge on any atom is -0.462 e. The molecule has 80 heavy (non-hydrogen) atoms. The lowest BCUT2D eigenvalue weighted by atomic mass is 10.0. The van der Waals surface area contributed by atoms with Crippen molar-refractivity contribution in [1.29, 1.82) is 0 Å². The quantitative estimate of drug-likeness (QED) is 0.0261. The summed E-state index contributed by atoms with van der Waals surface area (Å²) < 4.78 is 16.9. The lowest BCUT2D eigenvalue weighted by molar-refractivity contribution is -0.167. The molecule has 0 heterocycles. The molecule has 1 unspecified atom stereocenters. The van der Waals surface area contributed by atoms with E-state index in [0.717, 1.165) is 109 Å².